The van der Waals surface area contributed by atoms with Crippen LogP contribution in [0.3, 0.4) is 0 Å². The molecule has 0 bridgehead atoms. The van der Waals surface area contributed by atoms with Gasteiger partial charge < -0.3 is 9.76 Å². The highest BCUT2D eigenvalue weighted by molar-refractivity contribution is 6.51. The molecular weight excluding hydrogens is 119 g/mol. The van der Waals surface area contributed by atoms with E-state index >= 15 is 0 Å². The monoisotopic (exact) mass is 128 g/mol. The second-order valence-corrected chi connectivity index (χ2v) is 2.41. The first-order chi connectivity index (χ1) is 4.20. The molecule has 1 unspecified atom stereocenters. The molecule has 1 rings (SSSR count). The molecule has 1 aliphatic heterocycles. The molecule has 1 saturated heterocycles. The molecule has 1 fully saturated rings. The Kier molecular flexibility index (Phi) is 1.76. The van der Waals surface area contributed by atoms with Gasteiger partial charge in [0, 0.05) is 6.61 Å². The third-order valence-corrected chi connectivity index (χ3v) is 1.55. The molecular formula is C5H9BO3. The van der Waals surface area contributed by atoms with Crippen LogP contribution in [-0.4, -0.2) is 24.6 Å². The third-order valence-electron chi connectivity index (χ3n) is 1.55. The van der Waals surface area contributed by atoms with E-state index in [-0.39, 0.29) is 12.8 Å². The molecule has 1 atom stereocenters. The normalized spacial score (nSPS) is 26.8. The summed E-state index contributed by atoms with van der Waals surface area (Å²) in [6, 6.07) is 0. The standard InChI is InChI=1S/C5H9BO3/c1-6-2-4(3-9-6)5(7)8/h4H,2-3H2,1H3,(H,7,8). The number of carbonyl (C=O) groups is 1. The highest BCUT2D eigenvalue weighted by Gasteiger charge is 2.30. The van der Waals surface area contributed by atoms with E-state index in [0.717, 1.165) is 0 Å². The van der Waals surface area contributed by atoms with Gasteiger partial charge in [-0.3, -0.25) is 4.79 Å². The summed E-state index contributed by atoms with van der Waals surface area (Å²) in [5, 5.41) is 8.45. The van der Waals surface area contributed by atoms with Crippen LogP contribution in [0.5, 0.6) is 0 Å². The topological polar surface area (TPSA) is 46.5 Å². The Labute approximate surface area is 54.1 Å². The van der Waals surface area contributed by atoms with Crippen molar-refractivity contribution in [1.29, 1.82) is 0 Å². The van der Waals surface area contributed by atoms with Crippen molar-refractivity contribution >= 4 is 12.9 Å². The fourth-order valence-electron chi connectivity index (χ4n) is 0.989. The molecule has 0 aliphatic carbocycles. The lowest BCUT2D eigenvalue weighted by Gasteiger charge is -1.96. The SMILES string of the molecule is CB1CC(C(=O)O)CO1. The molecule has 9 heavy (non-hydrogen) atoms. The number of hydrogen-bond acceptors (Lipinski definition) is 2. The lowest BCUT2D eigenvalue weighted by molar-refractivity contribution is -0.141. The molecule has 1 aliphatic rings. The lowest BCUT2D eigenvalue weighted by Crippen LogP contribution is -2.12. The van der Waals surface area contributed by atoms with Crippen LogP contribution in [0, 0.1) is 5.92 Å². The average Bonchev–Trinajstić information content (AvgIpc) is 2.14. The van der Waals surface area contributed by atoms with E-state index in [1.165, 1.54) is 0 Å². The number of hydrogen-bond donors (Lipinski definition) is 1. The quantitative estimate of drug-likeness (QED) is 0.517. The molecule has 0 spiro atoms. The molecule has 0 amide bonds. The Morgan fingerprint density at radius 3 is 2.78 bits per heavy atom. The van der Waals surface area contributed by atoms with E-state index in [9.17, 15) is 4.79 Å². The summed E-state index contributed by atoms with van der Waals surface area (Å²) >= 11 is 0. The average molecular weight is 128 g/mol. The van der Waals surface area contributed by atoms with Crippen LogP contribution < -0.4 is 0 Å². The molecule has 4 heteroatoms. The van der Waals surface area contributed by atoms with Gasteiger partial charge in [0.1, 0.15) is 0 Å². The Hall–Kier alpha value is -0.505. The smallest absolute Gasteiger partial charge is 0.308 e. The van der Waals surface area contributed by atoms with Crippen LogP contribution in [0.2, 0.25) is 13.1 Å². The van der Waals surface area contributed by atoms with Gasteiger partial charge in [0.05, 0.1) is 5.92 Å². The summed E-state index contributed by atoms with van der Waals surface area (Å²) in [7, 11) is 0. The van der Waals surface area contributed by atoms with Gasteiger partial charge in [0.15, 0.2) is 0 Å². The first-order valence-corrected chi connectivity index (χ1v) is 3.04. The lowest BCUT2D eigenvalue weighted by atomic mass is 9.66. The zero-order valence-corrected chi connectivity index (χ0v) is 5.33. The maximum Gasteiger partial charge on any atom is 0.308 e. The predicted octanol–water partition coefficient (Wildman–Crippen LogP) is 0.339. The number of aliphatic carboxylic acids is 1. The summed E-state index contributed by atoms with van der Waals surface area (Å²) in [6.07, 6.45) is 0.662. The molecule has 0 aromatic carbocycles. The van der Waals surface area contributed by atoms with Crippen molar-refractivity contribution < 1.29 is 14.6 Å². The van der Waals surface area contributed by atoms with Gasteiger partial charge in [-0.1, -0.05) is 6.82 Å². The van der Waals surface area contributed by atoms with Crippen LogP contribution in [0.15, 0.2) is 0 Å². The van der Waals surface area contributed by atoms with Gasteiger partial charge in [-0.25, -0.2) is 0 Å². The summed E-state index contributed by atoms with van der Waals surface area (Å²) in [5.74, 6) is -1.00. The molecule has 1 N–H and O–H groups in total. The number of rotatable bonds is 1. The van der Waals surface area contributed by atoms with E-state index < -0.39 is 5.97 Å². The molecule has 3 nitrogen and oxygen atoms in total. The molecule has 0 aromatic rings. The minimum Gasteiger partial charge on any atom is -0.481 e. The van der Waals surface area contributed by atoms with Crippen LogP contribution in [0.4, 0.5) is 0 Å². The largest absolute Gasteiger partial charge is 0.481 e. The van der Waals surface area contributed by atoms with Crippen molar-refractivity contribution in [3.63, 3.8) is 0 Å². The Morgan fingerprint density at radius 2 is 2.56 bits per heavy atom. The zero-order valence-electron chi connectivity index (χ0n) is 5.33. The molecule has 0 saturated carbocycles. The minimum atomic E-state index is -0.737. The Bertz CT molecular complexity index is 125. The second-order valence-electron chi connectivity index (χ2n) is 2.41. The van der Waals surface area contributed by atoms with Crippen molar-refractivity contribution in [2.45, 2.75) is 13.1 Å². The van der Waals surface area contributed by atoms with Crippen LogP contribution in [0.1, 0.15) is 0 Å². The Balaban J connectivity index is 2.39. The van der Waals surface area contributed by atoms with E-state index in [1.54, 1.807) is 0 Å². The molecule has 1 heterocycles. The molecule has 0 radical (unpaired) electrons. The first kappa shape index (κ1) is 6.61. The number of carboxylic acid groups (broad SMARTS) is 1. The van der Waals surface area contributed by atoms with Gasteiger partial charge >= 0.3 is 5.97 Å². The first-order valence-electron chi connectivity index (χ1n) is 3.04. The van der Waals surface area contributed by atoms with Gasteiger partial charge in [0.25, 0.3) is 6.92 Å². The van der Waals surface area contributed by atoms with Crippen molar-refractivity contribution in [2.75, 3.05) is 6.61 Å². The van der Waals surface area contributed by atoms with E-state index in [0.29, 0.717) is 12.9 Å². The highest BCUT2D eigenvalue weighted by atomic mass is 16.4. The fourth-order valence-corrected chi connectivity index (χ4v) is 0.989. The summed E-state index contributed by atoms with van der Waals surface area (Å²) in [5.41, 5.74) is 0. The maximum atomic E-state index is 10.3. The zero-order chi connectivity index (χ0) is 6.85. The van der Waals surface area contributed by atoms with E-state index in [2.05, 4.69) is 0 Å². The van der Waals surface area contributed by atoms with E-state index in [1.807, 2.05) is 6.82 Å². The van der Waals surface area contributed by atoms with E-state index in [4.69, 9.17) is 9.76 Å². The molecule has 50 valence electrons. The summed E-state index contributed by atoms with van der Waals surface area (Å²) in [6.45, 7) is 2.41. The summed E-state index contributed by atoms with van der Waals surface area (Å²) in [4.78, 5) is 10.3. The number of carboxylic acids is 1. The summed E-state index contributed by atoms with van der Waals surface area (Å²) < 4.78 is 5.05. The third kappa shape index (κ3) is 1.45. The van der Waals surface area contributed by atoms with Crippen molar-refractivity contribution in [2.24, 2.45) is 5.92 Å². The van der Waals surface area contributed by atoms with Gasteiger partial charge in [-0.2, -0.15) is 0 Å². The van der Waals surface area contributed by atoms with Crippen LogP contribution >= 0.6 is 0 Å². The second kappa shape index (κ2) is 2.39. The highest BCUT2D eigenvalue weighted by Crippen LogP contribution is 2.17. The van der Waals surface area contributed by atoms with Gasteiger partial charge in [-0.05, 0) is 6.32 Å². The van der Waals surface area contributed by atoms with Gasteiger partial charge in [-0.15, -0.1) is 0 Å². The van der Waals surface area contributed by atoms with Crippen LogP contribution in [-0.2, 0) is 9.45 Å². The van der Waals surface area contributed by atoms with Crippen LogP contribution in [0.25, 0.3) is 0 Å². The Morgan fingerprint density at radius 1 is 1.89 bits per heavy atom. The molecule has 0 aromatic heterocycles. The van der Waals surface area contributed by atoms with Gasteiger partial charge in [0.2, 0.25) is 0 Å². The van der Waals surface area contributed by atoms with Crippen molar-refractivity contribution in [1.82, 2.24) is 0 Å². The minimum absolute atomic E-state index is 0.131. The van der Waals surface area contributed by atoms with Crippen molar-refractivity contribution in [3.05, 3.63) is 0 Å². The predicted molar refractivity (Wildman–Crippen MR) is 33.5 cm³/mol. The maximum absolute atomic E-state index is 10.3. The fraction of sp³-hybridized carbons (Fsp3) is 0.800. The van der Waals surface area contributed by atoms with Crippen molar-refractivity contribution in [3.8, 4) is 0 Å².